The van der Waals surface area contributed by atoms with Crippen molar-refractivity contribution < 1.29 is 5.11 Å². The van der Waals surface area contributed by atoms with Gasteiger partial charge in [0.05, 0.1) is 11.3 Å². The van der Waals surface area contributed by atoms with Crippen LogP contribution < -0.4 is 5.32 Å². The van der Waals surface area contributed by atoms with Gasteiger partial charge in [-0.15, -0.1) is 0 Å². The minimum atomic E-state index is -0.881. The highest BCUT2D eigenvalue weighted by molar-refractivity contribution is 5.21. The van der Waals surface area contributed by atoms with E-state index in [-0.39, 0.29) is 0 Å². The molecule has 1 aromatic carbocycles. The topological polar surface area (TPSA) is 58.0 Å². The summed E-state index contributed by atoms with van der Waals surface area (Å²) in [7, 11) is 0. The van der Waals surface area contributed by atoms with Gasteiger partial charge in [0.15, 0.2) is 0 Å². The van der Waals surface area contributed by atoms with Gasteiger partial charge >= 0.3 is 0 Å². The van der Waals surface area contributed by atoms with Gasteiger partial charge in [0.2, 0.25) is 0 Å². The number of hydrogen-bond acceptors (Lipinski definition) is 4. The van der Waals surface area contributed by atoms with Gasteiger partial charge in [0.1, 0.15) is 6.33 Å². The lowest BCUT2D eigenvalue weighted by Gasteiger charge is -2.24. The number of aromatic nitrogens is 2. The highest BCUT2D eigenvalue weighted by Gasteiger charge is 2.21. The summed E-state index contributed by atoms with van der Waals surface area (Å²) < 4.78 is 0. The van der Waals surface area contributed by atoms with Crippen molar-refractivity contribution in [3.63, 3.8) is 0 Å². The number of hydrogen-bond donors (Lipinski definition) is 2. The first-order valence-corrected chi connectivity index (χ1v) is 5.92. The zero-order valence-electron chi connectivity index (χ0n) is 10.4. The van der Waals surface area contributed by atoms with E-state index in [1.807, 2.05) is 36.4 Å². The molecule has 0 bridgehead atoms. The van der Waals surface area contributed by atoms with E-state index in [9.17, 15) is 5.11 Å². The summed E-state index contributed by atoms with van der Waals surface area (Å²) >= 11 is 0. The molecule has 0 aliphatic heterocycles. The molecular weight excluding hydrogens is 226 g/mol. The highest BCUT2D eigenvalue weighted by Crippen LogP contribution is 2.18. The van der Waals surface area contributed by atoms with Gasteiger partial charge in [0, 0.05) is 19.3 Å². The first kappa shape index (κ1) is 12.7. The third-order valence-electron chi connectivity index (χ3n) is 2.81. The molecule has 4 nitrogen and oxygen atoms in total. The molecule has 0 saturated heterocycles. The van der Waals surface area contributed by atoms with Crippen LogP contribution in [-0.4, -0.2) is 21.6 Å². The van der Waals surface area contributed by atoms with E-state index in [0.29, 0.717) is 13.1 Å². The average Bonchev–Trinajstić information content (AvgIpc) is 2.41. The molecule has 1 unspecified atom stereocenters. The van der Waals surface area contributed by atoms with Crippen LogP contribution >= 0.6 is 0 Å². The van der Waals surface area contributed by atoms with Crippen LogP contribution in [0.2, 0.25) is 0 Å². The Balaban J connectivity index is 1.90. The van der Waals surface area contributed by atoms with Gasteiger partial charge in [-0.2, -0.15) is 0 Å². The van der Waals surface area contributed by atoms with E-state index in [2.05, 4.69) is 15.3 Å². The third kappa shape index (κ3) is 3.35. The van der Waals surface area contributed by atoms with Crippen LogP contribution in [0.25, 0.3) is 0 Å². The maximum Gasteiger partial charge on any atom is 0.115 e. The van der Waals surface area contributed by atoms with E-state index in [0.717, 1.165) is 11.3 Å². The molecule has 0 aliphatic carbocycles. The number of rotatable bonds is 5. The fourth-order valence-corrected chi connectivity index (χ4v) is 1.76. The average molecular weight is 243 g/mol. The fourth-order valence-electron chi connectivity index (χ4n) is 1.76. The predicted octanol–water partition coefficient (Wildman–Crippen LogP) is 1.47. The van der Waals surface area contributed by atoms with Crippen molar-refractivity contribution in [3.8, 4) is 0 Å². The van der Waals surface area contributed by atoms with E-state index in [1.54, 1.807) is 13.1 Å². The monoisotopic (exact) mass is 243 g/mol. The maximum absolute atomic E-state index is 10.4. The lowest BCUT2D eigenvalue weighted by molar-refractivity contribution is 0.0566. The van der Waals surface area contributed by atoms with Gasteiger partial charge in [-0.3, -0.25) is 0 Å². The Morgan fingerprint density at radius 2 is 2.00 bits per heavy atom. The normalized spacial score (nSPS) is 14.1. The summed E-state index contributed by atoms with van der Waals surface area (Å²) in [5.41, 5.74) is 0.933. The first-order chi connectivity index (χ1) is 8.68. The van der Waals surface area contributed by atoms with Crippen LogP contribution in [0.15, 0.2) is 48.9 Å². The molecule has 94 valence electrons. The Kier molecular flexibility index (Phi) is 4.02. The molecule has 1 atom stereocenters. The van der Waals surface area contributed by atoms with Gasteiger partial charge < -0.3 is 10.4 Å². The summed E-state index contributed by atoms with van der Waals surface area (Å²) in [4.78, 5) is 7.98. The zero-order valence-corrected chi connectivity index (χ0v) is 10.4. The van der Waals surface area contributed by atoms with Gasteiger partial charge in [0.25, 0.3) is 0 Å². The lowest BCUT2D eigenvalue weighted by Crippen LogP contribution is -2.35. The molecule has 0 radical (unpaired) electrons. The highest BCUT2D eigenvalue weighted by atomic mass is 16.3. The molecule has 18 heavy (non-hydrogen) atoms. The maximum atomic E-state index is 10.4. The Labute approximate surface area is 107 Å². The first-order valence-electron chi connectivity index (χ1n) is 5.92. The largest absolute Gasteiger partial charge is 0.384 e. The van der Waals surface area contributed by atoms with Crippen LogP contribution in [0.1, 0.15) is 18.2 Å². The van der Waals surface area contributed by atoms with Crippen LogP contribution in [0.5, 0.6) is 0 Å². The molecule has 0 aliphatic rings. The molecule has 0 fully saturated rings. The third-order valence-corrected chi connectivity index (χ3v) is 2.81. The predicted molar refractivity (Wildman–Crippen MR) is 69.8 cm³/mol. The molecule has 1 heterocycles. The quantitative estimate of drug-likeness (QED) is 0.835. The van der Waals surface area contributed by atoms with E-state index < -0.39 is 5.60 Å². The number of benzene rings is 1. The second-order valence-corrected chi connectivity index (χ2v) is 4.44. The molecular formula is C14H17N3O. The van der Waals surface area contributed by atoms with Crippen molar-refractivity contribution in [2.45, 2.75) is 19.1 Å². The van der Waals surface area contributed by atoms with Crippen LogP contribution in [0.4, 0.5) is 0 Å². The molecule has 2 N–H and O–H groups in total. The molecule has 2 aromatic rings. The second kappa shape index (κ2) is 5.71. The Morgan fingerprint density at radius 3 is 2.67 bits per heavy atom. The van der Waals surface area contributed by atoms with Crippen molar-refractivity contribution in [2.24, 2.45) is 0 Å². The van der Waals surface area contributed by atoms with Gasteiger partial charge in [-0.25, -0.2) is 9.97 Å². The zero-order chi connectivity index (χ0) is 12.8. The Morgan fingerprint density at radius 1 is 1.22 bits per heavy atom. The van der Waals surface area contributed by atoms with Crippen molar-refractivity contribution in [1.29, 1.82) is 0 Å². The Hall–Kier alpha value is -1.78. The van der Waals surface area contributed by atoms with Gasteiger partial charge in [-0.05, 0) is 18.6 Å². The molecule has 0 spiro atoms. The number of aliphatic hydroxyl groups is 1. The fraction of sp³-hybridized carbons (Fsp3) is 0.286. The smallest absolute Gasteiger partial charge is 0.115 e. The summed E-state index contributed by atoms with van der Waals surface area (Å²) in [6, 6.07) is 11.5. The van der Waals surface area contributed by atoms with E-state index >= 15 is 0 Å². The van der Waals surface area contributed by atoms with E-state index in [1.165, 1.54) is 6.33 Å². The van der Waals surface area contributed by atoms with Crippen molar-refractivity contribution >= 4 is 0 Å². The molecule has 0 saturated carbocycles. The number of nitrogens with zero attached hydrogens (tertiary/aromatic N) is 2. The minimum absolute atomic E-state index is 0.473. The van der Waals surface area contributed by atoms with Crippen molar-refractivity contribution in [2.75, 3.05) is 6.54 Å². The summed E-state index contributed by atoms with van der Waals surface area (Å²) in [6.45, 7) is 2.89. The molecule has 1 aromatic heterocycles. The molecule has 4 heteroatoms. The molecule has 0 amide bonds. The summed E-state index contributed by atoms with van der Waals surface area (Å²) in [5, 5.41) is 13.6. The van der Waals surface area contributed by atoms with E-state index in [4.69, 9.17) is 0 Å². The number of nitrogens with one attached hydrogen (secondary N) is 1. The minimum Gasteiger partial charge on any atom is -0.384 e. The van der Waals surface area contributed by atoms with Crippen LogP contribution in [0, 0.1) is 0 Å². The van der Waals surface area contributed by atoms with Crippen LogP contribution in [-0.2, 0) is 12.1 Å². The van der Waals surface area contributed by atoms with Crippen molar-refractivity contribution in [3.05, 3.63) is 60.2 Å². The summed E-state index contributed by atoms with van der Waals surface area (Å²) in [6.07, 6.45) is 3.23. The van der Waals surface area contributed by atoms with Crippen LogP contribution in [0.3, 0.4) is 0 Å². The standard InChI is InChI=1S/C14H17N3O/c1-14(18,12-5-3-2-4-6-12)10-16-9-13-7-8-15-11-17-13/h2-8,11,16,18H,9-10H2,1H3. The summed E-state index contributed by atoms with van der Waals surface area (Å²) in [5.74, 6) is 0. The SMILES string of the molecule is CC(O)(CNCc1ccncn1)c1ccccc1. The lowest BCUT2D eigenvalue weighted by atomic mass is 9.96. The van der Waals surface area contributed by atoms with Gasteiger partial charge in [-0.1, -0.05) is 30.3 Å². The Bertz CT molecular complexity index is 471. The second-order valence-electron chi connectivity index (χ2n) is 4.44. The molecule has 2 rings (SSSR count). The van der Waals surface area contributed by atoms with Crippen molar-refractivity contribution in [1.82, 2.24) is 15.3 Å².